The molecule has 28 heavy (non-hydrogen) atoms. The van der Waals surface area contributed by atoms with E-state index in [9.17, 15) is 14.4 Å². The van der Waals surface area contributed by atoms with E-state index in [1.807, 2.05) is 24.3 Å². The van der Waals surface area contributed by atoms with Crippen LogP contribution in [0.2, 0.25) is 5.02 Å². The van der Waals surface area contributed by atoms with Crippen molar-refractivity contribution in [1.82, 2.24) is 19.8 Å². The number of nitrogens with zero attached hydrogens (tertiary/aromatic N) is 2. The Hall–Kier alpha value is -2.38. The molecule has 2 heterocycles. The molecule has 1 unspecified atom stereocenters. The van der Waals surface area contributed by atoms with Crippen LogP contribution in [0.15, 0.2) is 39.9 Å². The van der Waals surface area contributed by atoms with E-state index < -0.39 is 17.2 Å². The van der Waals surface area contributed by atoms with Crippen molar-refractivity contribution in [2.45, 2.75) is 31.7 Å². The zero-order valence-electron chi connectivity index (χ0n) is 15.9. The predicted octanol–water partition coefficient (Wildman–Crippen LogP) is 2.07. The molecule has 0 saturated carbocycles. The number of likely N-dealkylation sites (tertiary alicyclic amines) is 1. The number of carbonyl (C=O) groups excluding carboxylic acids is 1. The van der Waals surface area contributed by atoms with Gasteiger partial charge in [0.15, 0.2) is 0 Å². The van der Waals surface area contributed by atoms with Crippen molar-refractivity contribution in [3.63, 3.8) is 0 Å². The van der Waals surface area contributed by atoms with Gasteiger partial charge in [-0.1, -0.05) is 42.6 Å². The fourth-order valence-electron chi connectivity index (χ4n) is 3.55. The molecule has 1 saturated heterocycles. The summed E-state index contributed by atoms with van der Waals surface area (Å²) in [6, 6.07) is 8.70. The Morgan fingerprint density at radius 3 is 2.50 bits per heavy atom. The standard InChI is InChI=1S/C20H25ClN4O3/c1-24-18(26)12-16(23-20(24)28)19(27)22-13-17(14-8-4-5-9-15(14)21)25-10-6-2-3-7-11-25/h4-5,8-9,12,17H,2-3,6-7,10-11,13H2,1H3,(H,22,27)(H,23,28). The van der Waals surface area contributed by atoms with E-state index in [0.29, 0.717) is 11.6 Å². The number of aromatic amines is 1. The van der Waals surface area contributed by atoms with Crippen molar-refractivity contribution >= 4 is 17.5 Å². The summed E-state index contributed by atoms with van der Waals surface area (Å²) in [5, 5.41) is 3.52. The van der Waals surface area contributed by atoms with Crippen LogP contribution in [0.5, 0.6) is 0 Å². The third-order valence-electron chi connectivity index (χ3n) is 5.19. The van der Waals surface area contributed by atoms with Crippen molar-refractivity contribution < 1.29 is 4.79 Å². The normalized spacial score (nSPS) is 16.4. The van der Waals surface area contributed by atoms with Crippen molar-refractivity contribution in [3.8, 4) is 0 Å². The van der Waals surface area contributed by atoms with Crippen LogP contribution in [0.4, 0.5) is 0 Å². The number of hydrogen-bond donors (Lipinski definition) is 2. The van der Waals surface area contributed by atoms with E-state index in [0.717, 1.165) is 42.1 Å². The number of amides is 1. The lowest BCUT2D eigenvalue weighted by molar-refractivity contribution is 0.0927. The first-order chi connectivity index (χ1) is 13.5. The summed E-state index contributed by atoms with van der Waals surface area (Å²) >= 11 is 6.44. The minimum atomic E-state index is -0.618. The van der Waals surface area contributed by atoms with Crippen LogP contribution in [0, 0.1) is 0 Å². The first kappa shape index (κ1) is 20.4. The molecule has 1 amide bonds. The largest absolute Gasteiger partial charge is 0.349 e. The first-order valence-electron chi connectivity index (χ1n) is 9.54. The van der Waals surface area contributed by atoms with Gasteiger partial charge in [-0.25, -0.2) is 4.79 Å². The first-order valence-corrected chi connectivity index (χ1v) is 9.92. The average molecular weight is 405 g/mol. The summed E-state index contributed by atoms with van der Waals surface area (Å²) in [5.41, 5.74) is -0.220. The third kappa shape index (κ3) is 4.72. The van der Waals surface area contributed by atoms with Gasteiger partial charge in [-0.15, -0.1) is 0 Å². The third-order valence-corrected chi connectivity index (χ3v) is 5.54. The molecule has 2 N–H and O–H groups in total. The van der Waals surface area contributed by atoms with Gasteiger partial charge in [0.25, 0.3) is 11.5 Å². The van der Waals surface area contributed by atoms with E-state index in [-0.39, 0.29) is 11.7 Å². The number of halogens is 1. The zero-order valence-corrected chi connectivity index (χ0v) is 16.7. The highest BCUT2D eigenvalue weighted by Crippen LogP contribution is 2.29. The Kier molecular flexibility index (Phi) is 6.70. The van der Waals surface area contributed by atoms with E-state index in [1.54, 1.807) is 0 Å². The quantitative estimate of drug-likeness (QED) is 0.798. The minimum Gasteiger partial charge on any atom is -0.349 e. The van der Waals surface area contributed by atoms with Crippen LogP contribution < -0.4 is 16.6 Å². The molecule has 2 aromatic rings. The topological polar surface area (TPSA) is 87.2 Å². The Morgan fingerprint density at radius 1 is 1.18 bits per heavy atom. The minimum absolute atomic E-state index is 0.0399. The number of rotatable bonds is 5. The number of nitrogens with one attached hydrogen (secondary N) is 2. The van der Waals surface area contributed by atoms with Gasteiger partial charge in [0.1, 0.15) is 5.69 Å². The molecule has 0 bridgehead atoms. The molecule has 1 atom stereocenters. The van der Waals surface area contributed by atoms with Crippen molar-refractivity contribution in [2.75, 3.05) is 19.6 Å². The monoisotopic (exact) mass is 404 g/mol. The van der Waals surface area contributed by atoms with Gasteiger partial charge in [-0.05, 0) is 37.6 Å². The molecule has 0 aliphatic carbocycles. The molecular weight excluding hydrogens is 380 g/mol. The fourth-order valence-corrected chi connectivity index (χ4v) is 3.81. The van der Waals surface area contributed by atoms with Crippen LogP contribution in [0.25, 0.3) is 0 Å². The molecule has 150 valence electrons. The molecule has 7 nitrogen and oxygen atoms in total. The van der Waals surface area contributed by atoms with E-state index >= 15 is 0 Å². The molecule has 0 spiro atoms. The van der Waals surface area contributed by atoms with Crippen LogP contribution in [0.1, 0.15) is 47.8 Å². The van der Waals surface area contributed by atoms with Crippen LogP contribution >= 0.6 is 11.6 Å². The van der Waals surface area contributed by atoms with Crippen molar-refractivity contribution in [1.29, 1.82) is 0 Å². The Bertz CT molecular complexity index is 914. The van der Waals surface area contributed by atoms with Gasteiger partial charge in [-0.3, -0.25) is 19.1 Å². The van der Waals surface area contributed by atoms with Gasteiger partial charge < -0.3 is 10.3 Å². The summed E-state index contributed by atoms with van der Waals surface area (Å²) in [5.74, 6) is -0.485. The van der Waals surface area contributed by atoms with E-state index in [2.05, 4.69) is 15.2 Å². The Morgan fingerprint density at radius 2 is 1.86 bits per heavy atom. The second-order valence-corrected chi connectivity index (χ2v) is 7.49. The lowest BCUT2D eigenvalue weighted by atomic mass is 10.0. The van der Waals surface area contributed by atoms with Crippen LogP contribution in [0.3, 0.4) is 0 Å². The highest BCUT2D eigenvalue weighted by molar-refractivity contribution is 6.31. The van der Waals surface area contributed by atoms with Crippen LogP contribution in [-0.4, -0.2) is 40.0 Å². The molecule has 3 rings (SSSR count). The number of hydrogen-bond acceptors (Lipinski definition) is 4. The van der Waals surface area contributed by atoms with E-state index in [1.165, 1.54) is 19.9 Å². The smallest absolute Gasteiger partial charge is 0.328 e. The fraction of sp³-hybridized carbons (Fsp3) is 0.450. The molecule has 1 aliphatic rings. The SMILES string of the molecule is Cn1c(=O)cc(C(=O)NCC(c2ccccc2Cl)N2CCCCCC2)[nH]c1=O. The van der Waals surface area contributed by atoms with Gasteiger partial charge >= 0.3 is 5.69 Å². The Labute approximate surface area is 168 Å². The highest BCUT2D eigenvalue weighted by atomic mass is 35.5. The highest BCUT2D eigenvalue weighted by Gasteiger charge is 2.24. The van der Waals surface area contributed by atoms with E-state index in [4.69, 9.17) is 11.6 Å². The Balaban J connectivity index is 1.81. The van der Waals surface area contributed by atoms with Gasteiger partial charge in [0.05, 0.1) is 6.04 Å². The van der Waals surface area contributed by atoms with Crippen molar-refractivity contribution in [2.24, 2.45) is 7.05 Å². The molecule has 1 aromatic carbocycles. The van der Waals surface area contributed by atoms with Crippen LogP contribution in [-0.2, 0) is 7.05 Å². The lowest BCUT2D eigenvalue weighted by Gasteiger charge is -2.31. The maximum atomic E-state index is 12.6. The summed E-state index contributed by atoms with van der Waals surface area (Å²) in [7, 11) is 1.36. The number of H-pyrrole nitrogens is 1. The summed E-state index contributed by atoms with van der Waals surface area (Å²) in [4.78, 5) is 40.9. The zero-order chi connectivity index (χ0) is 20.1. The average Bonchev–Trinajstić information content (AvgIpc) is 2.96. The molecule has 1 aromatic heterocycles. The van der Waals surface area contributed by atoms with Crippen molar-refractivity contribution in [3.05, 3.63) is 67.4 Å². The second kappa shape index (κ2) is 9.21. The summed E-state index contributed by atoms with van der Waals surface area (Å²) in [6.45, 7) is 2.21. The maximum Gasteiger partial charge on any atom is 0.328 e. The molecule has 1 aliphatic heterocycles. The predicted molar refractivity (Wildman–Crippen MR) is 109 cm³/mol. The van der Waals surface area contributed by atoms with Gasteiger partial charge in [-0.2, -0.15) is 0 Å². The molecule has 8 heteroatoms. The lowest BCUT2D eigenvalue weighted by Crippen LogP contribution is -2.41. The van der Waals surface area contributed by atoms with Gasteiger partial charge in [0.2, 0.25) is 0 Å². The van der Waals surface area contributed by atoms with Gasteiger partial charge in [0, 0.05) is 24.7 Å². The second-order valence-electron chi connectivity index (χ2n) is 7.08. The maximum absolute atomic E-state index is 12.6. The molecule has 0 radical (unpaired) electrons. The summed E-state index contributed by atoms with van der Waals surface area (Å²) < 4.78 is 0.917. The summed E-state index contributed by atoms with van der Waals surface area (Å²) in [6.07, 6.45) is 4.62. The number of aromatic nitrogens is 2. The number of carbonyl (C=O) groups is 1. The molecule has 1 fully saturated rings. The molecular formula is C20H25ClN4O3. The number of benzene rings is 1.